The van der Waals surface area contributed by atoms with E-state index in [1.807, 2.05) is 47.4 Å². The second-order valence-corrected chi connectivity index (χ2v) is 41.5. The molecule has 696 valence electrons. The molecule has 4 aliphatic rings. The number of para-hydroxylation sites is 9. The summed E-state index contributed by atoms with van der Waals surface area (Å²) in [5, 5.41) is 12.4. The molecule has 6 heteroatoms. The van der Waals surface area contributed by atoms with E-state index in [1.54, 1.807) is 0 Å². The number of anilines is 9. The van der Waals surface area contributed by atoms with Crippen LogP contribution in [0.25, 0.3) is 160 Å². The Labute approximate surface area is 859 Å². The van der Waals surface area contributed by atoms with Crippen molar-refractivity contribution in [1.29, 1.82) is 0 Å². The second-order valence-electron chi connectivity index (χ2n) is 41.5. The van der Waals surface area contributed by atoms with Gasteiger partial charge in [0, 0.05) is 122 Å². The fourth-order valence-corrected chi connectivity index (χ4v) is 24.8. The van der Waals surface area contributed by atoms with Crippen LogP contribution in [0.2, 0.25) is 0 Å². The van der Waals surface area contributed by atoms with Gasteiger partial charge in [0.2, 0.25) is 0 Å². The van der Waals surface area contributed by atoms with Gasteiger partial charge >= 0.3 is 0 Å². The summed E-state index contributed by atoms with van der Waals surface area (Å²) >= 11 is 0. The molecule has 0 amide bonds. The van der Waals surface area contributed by atoms with Crippen molar-refractivity contribution in [3.63, 3.8) is 0 Å². The van der Waals surface area contributed by atoms with Crippen molar-refractivity contribution in [1.82, 2.24) is 13.7 Å². The first-order valence-electron chi connectivity index (χ1n) is 53.3. The van der Waals surface area contributed by atoms with Crippen LogP contribution in [0.4, 0.5) is 51.2 Å². The normalized spacial score (nSPS) is 14.2. The minimum atomic E-state index is -0.417. The number of benzene rings is 22. The molecule has 29 rings (SSSR count). The molecule has 0 atom stereocenters. The number of rotatable bonds is 13. The van der Waals surface area contributed by atoms with Gasteiger partial charge in [-0.3, -0.25) is 0 Å². The van der Waals surface area contributed by atoms with Gasteiger partial charge in [-0.25, -0.2) is 0 Å². The lowest BCUT2D eigenvalue weighted by atomic mass is 9.82. The molecule has 3 aromatic heterocycles. The lowest BCUT2D eigenvalue weighted by Crippen LogP contribution is -2.18. The number of nitrogens with zero attached hydrogens (tertiary/aromatic N) is 6. The smallest absolute Gasteiger partial charge is 0.0645 e. The molecule has 0 bridgehead atoms. The molecule has 0 radical (unpaired) electrons. The van der Waals surface area contributed by atoms with Crippen molar-refractivity contribution < 1.29 is 6.85 Å². The first-order chi connectivity index (χ1) is 73.5. The van der Waals surface area contributed by atoms with Crippen molar-refractivity contribution in [3.05, 3.63) is 542 Å². The van der Waals surface area contributed by atoms with Gasteiger partial charge in [-0.1, -0.05) is 371 Å². The average Bonchev–Trinajstić information content (AvgIpc) is 1.57. The van der Waals surface area contributed by atoms with E-state index < -0.39 is 11.5 Å². The molecule has 0 fully saturated rings. The molecule has 0 saturated heterocycles. The lowest BCUT2D eigenvalue weighted by molar-refractivity contribution is 0.659. The van der Waals surface area contributed by atoms with Gasteiger partial charge in [0.15, 0.2) is 0 Å². The minimum absolute atomic E-state index is 0.0695. The van der Waals surface area contributed by atoms with Crippen LogP contribution in [0, 0.1) is 0 Å². The zero-order chi connectivity index (χ0) is 102. The van der Waals surface area contributed by atoms with Gasteiger partial charge in [0.05, 0.1) is 45.6 Å². The molecule has 146 heavy (non-hydrogen) atoms. The summed E-state index contributed by atoms with van der Waals surface area (Å²) in [6, 6.07) is 167. The third-order valence-corrected chi connectivity index (χ3v) is 32.0. The van der Waals surface area contributed by atoms with Gasteiger partial charge in [-0.05, 0) is 298 Å². The maximum Gasteiger partial charge on any atom is 0.0645 e. The minimum Gasteiger partial charge on any atom is -0.310 e. The fraction of sp³-hybridized carbons (Fsp3) is 0.0857. The molecular weight excluding hydrogens is 1770 g/mol. The van der Waals surface area contributed by atoms with Crippen molar-refractivity contribution in [3.8, 4) is 72.7 Å². The summed E-state index contributed by atoms with van der Waals surface area (Å²) in [6.07, 6.45) is 0. The van der Waals surface area contributed by atoms with E-state index in [0.29, 0.717) is 11.4 Å². The quantitative estimate of drug-likeness (QED) is 0.115. The van der Waals surface area contributed by atoms with Crippen LogP contribution in [0.3, 0.4) is 0 Å². The predicted molar refractivity (Wildman–Crippen MR) is 617 cm³/mol. The Kier molecular flexibility index (Phi) is 19.0. The third kappa shape index (κ3) is 13.9. The van der Waals surface area contributed by atoms with E-state index in [1.165, 1.54) is 177 Å². The Morgan fingerprint density at radius 3 is 0.870 bits per heavy atom. The maximum absolute atomic E-state index is 9.04. The van der Waals surface area contributed by atoms with E-state index in [4.69, 9.17) is 6.85 Å². The van der Waals surface area contributed by atoms with Crippen LogP contribution in [-0.4, -0.2) is 13.7 Å². The molecule has 0 spiro atoms. The van der Waals surface area contributed by atoms with Crippen molar-refractivity contribution in [2.24, 2.45) is 0 Å². The molecule has 0 N–H and O–H groups in total. The van der Waals surface area contributed by atoms with Gasteiger partial charge in [-0.2, -0.15) is 0 Å². The predicted octanol–water partition coefficient (Wildman–Crippen LogP) is 38.0. The highest BCUT2D eigenvalue weighted by atomic mass is 15.2. The first-order valence-corrected chi connectivity index (χ1v) is 50.8. The number of hydrogen-bond acceptors (Lipinski definition) is 3. The van der Waals surface area contributed by atoms with E-state index in [9.17, 15) is 0 Å². The summed E-state index contributed by atoms with van der Waals surface area (Å²) in [5.74, 6) is 0. The topological polar surface area (TPSA) is 24.5 Å². The summed E-state index contributed by atoms with van der Waals surface area (Å²) < 4.78 is 50.8. The largest absolute Gasteiger partial charge is 0.310 e. The Bertz CT molecular complexity index is 9740. The highest BCUT2D eigenvalue weighted by Gasteiger charge is 2.42. The monoisotopic (exact) mass is 1880 g/mol. The molecule has 22 aromatic carbocycles. The lowest BCUT2D eigenvalue weighted by Gasteiger charge is -2.29. The summed E-state index contributed by atoms with van der Waals surface area (Å²) in [5.41, 5.74) is 41.3. The van der Waals surface area contributed by atoms with Gasteiger partial charge in [0.25, 0.3) is 0 Å². The molecule has 0 saturated carbocycles. The van der Waals surface area contributed by atoms with E-state index in [2.05, 4.69) is 504 Å². The highest BCUT2D eigenvalue weighted by molar-refractivity contribution is 6.13. The summed E-state index contributed by atoms with van der Waals surface area (Å²) in [7, 11) is 0. The molecular formula is C140H106N6. The molecule has 6 nitrogen and oxygen atoms in total. The van der Waals surface area contributed by atoms with Crippen LogP contribution in [0.5, 0.6) is 0 Å². The van der Waals surface area contributed by atoms with Crippen LogP contribution in [0.1, 0.15) is 107 Å². The van der Waals surface area contributed by atoms with Crippen molar-refractivity contribution in [2.45, 2.75) is 77.0 Å². The van der Waals surface area contributed by atoms with Crippen molar-refractivity contribution in [2.75, 3.05) is 14.7 Å². The van der Waals surface area contributed by atoms with Crippen molar-refractivity contribution >= 4 is 138 Å². The van der Waals surface area contributed by atoms with Gasteiger partial charge in [0.1, 0.15) is 0 Å². The highest BCUT2D eigenvalue weighted by Crippen LogP contribution is 2.58. The Hall–Kier alpha value is -17.8. The molecule has 0 aliphatic heterocycles. The van der Waals surface area contributed by atoms with Crippen LogP contribution >= 0.6 is 0 Å². The summed E-state index contributed by atoms with van der Waals surface area (Å²) in [4.78, 5) is 6.65. The standard InChI is InChI=1S/C49H36N2.C48H38N2.C43H32N2/c1-49(2)45-31-39(50(37-14-4-3-5-15-37)38-24-22-34(23-25-38)36-21-20-33-12-6-7-13-35(33)30-36)26-28-41(45)42-29-27-40(32-46(42)49)51-47-18-10-8-16-43(47)44-17-9-11-19-48(44)51;1-47(2)41-19-11-8-16-35(41)36-25-22-32(28-42(36)47)49(31-14-6-5-7-15-31)33-23-26-37-38-27-24-34(30-44(38)48(3,4)43(37)29-33)50-45-20-12-9-17-39(45)40-18-10-13-21-46(40)50;1-43(2)38-27-31(44(30-15-4-3-5-16-30)40-22-12-14-29-13-6-7-17-33(29)40)23-25-34(38)35-26-24-32(28-39(35)43)45-41-20-10-8-18-36(41)37-19-9-11-21-42(37)45/h3-32H,1-2H3;5-30H,1-4H3;3-28H,1-2H3/i3D,4D,5D,14D,15D;;. The molecule has 25 aromatic rings. The van der Waals surface area contributed by atoms with E-state index in [-0.39, 0.29) is 46.1 Å². The summed E-state index contributed by atoms with van der Waals surface area (Å²) in [6.45, 7) is 18.7. The maximum atomic E-state index is 9.04. The number of hydrogen-bond donors (Lipinski definition) is 0. The molecule has 4 aliphatic carbocycles. The second kappa shape index (κ2) is 34.0. The average molecular weight is 1880 g/mol. The van der Waals surface area contributed by atoms with Gasteiger partial charge in [-0.15, -0.1) is 0 Å². The van der Waals surface area contributed by atoms with Crippen LogP contribution in [0.15, 0.2) is 497 Å². The zero-order valence-corrected chi connectivity index (χ0v) is 82.6. The third-order valence-electron chi connectivity index (χ3n) is 32.0. The SMILES string of the molecule is CC1(C)c2cc(N(c3ccccc3)c3cccc4ccccc34)ccc2-c2ccc(-n3c4ccccc4c4ccccc43)cc21.CC1(C)c2ccccc2-c2ccc(N(c3ccccc3)c3ccc4c(c3)C(C)(C)c3cc(-n5c6ccccc6c6ccccc65)ccc3-4)cc21.[2H]c1c([2H])c([2H])c(N(c2ccc(-c3ccc4ccccc4c3)cc2)c2ccc3c(c2)C(C)(C)c2cc(-n4c5ccccc5c5ccccc54)ccc2-3)c([2H])c1[2H]. The number of aromatic nitrogens is 3. The first kappa shape index (κ1) is 81.8. The fourth-order valence-electron chi connectivity index (χ4n) is 24.8. The zero-order valence-electron chi connectivity index (χ0n) is 87.6. The van der Waals surface area contributed by atoms with Crippen LogP contribution in [-0.2, 0) is 21.7 Å². The number of fused-ring (bicyclic) bond motifs is 23. The Balaban J connectivity index is 0.000000112. The molecule has 0 unspecified atom stereocenters. The van der Waals surface area contributed by atoms with Gasteiger partial charge < -0.3 is 28.4 Å². The Morgan fingerprint density at radius 2 is 0.459 bits per heavy atom. The van der Waals surface area contributed by atoms with E-state index >= 15 is 0 Å². The van der Waals surface area contributed by atoms with E-state index in [0.717, 1.165) is 61.3 Å². The molecule has 3 heterocycles. The van der Waals surface area contributed by atoms with Crippen LogP contribution < -0.4 is 14.7 Å². The Morgan fingerprint density at radius 1 is 0.178 bits per heavy atom.